The monoisotopic (exact) mass is 322 g/mol. The van der Waals surface area contributed by atoms with Crippen LogP contribution in [-0.4, -0.2) is 64.6 Å². The van der Waals surface area contributed by atoms with Gasteiger partial charge in [0, 0.05) is 44.9 Å². The lowest BCUT2D eigenvalue weighted by Crippen LogP contribution is -2.43. The number of aryl methyl sites for hydroxylation is 1. The van der Waals surface area contributed by atoms with Gasteiger partial charge in [0.2, 0.25) is 5.91 Å². The Morgan fingerprint density at radius 3 is 2.83 bits per heavy atom. The van der Waals surface area contributed by atoms with Gasteiger partial charge in [0.15, 0.2) is 0 Å². The summed E-state index contributed by atoms with van der Waals surface area (Å²) in [7, 11) is 1.87. The molecular formula is C16H26N4O3. The van der Waals surface area contributed by atoms with E-state index in [1.54, 1.807) is 10.9 Å². The number of carbonyl (C=O) groups is 1. The summed E-state index contributed by atoms with van der Waals surface area (Å²) in [6, 6.07) is -0.0516. The third-order valence-electron chi connectivity index (χ3n) is 4.78. The van der Waals surface area contributed by atoms with Crippen LogP contribution in [0.2, 0.25) is 0 Å². The molecule has 0 aromatic carbocycles. The fraction of sp³-hybridized carbons (Fsp3) is 0.750. The van der Waals surface area contributed by atoms with Crippen LogP contribution in [0.25, 0.3) is 0 Å². The van der Waals surface area contributed by atoms with E-state index in [0.29, 0.717) is 12.3 Å². The van der Waals surface area contributed by atoms with Crippen molar-refractivity contribution in [1.82, 2.24) is 20.0 Å². The van der Waals surface area contributed by atoms with Gasteiger partial charge in [-0.2, -0.15) is 5.10 Å². The van der Waals surface area contributed by atoms with E-state index >= 15 is 0 Å². The van der Waals surface area contributed by atoms with E-state index in [2.05, 4.69) is 15.3 Å². The van der Waals surface area contributed by atoms with Gasteiger partial charge in [-0.3, -0.25) is 14.4 Å². The molecule has 0 unspecified atom stereocenters. The predicted molar refractivity (Wildman–Crippen MR) is 84.7 cm³/mol. The summed E-state index contributed by atoms with van der Waals surface area (Å²) in [5, 5.41) is 16.9. The molecule has 1 saturated heterocycles. The Bertz CT molecular complexity index is 521. The Kier molecular flexibility index (Phi) is 5.30. The zero-order valence-electron chi connectivity index (χ0n) is 13.6. The largest absolute Gasteiger partial charge is 0.393 e. The number of nitrogens with zero attached hydrogens (tertiary/aromatic N) is 3. The van der Waals surface area contributed by atoms with Gasteiger partial charge < -0.3 is 15.2 Å². The van der Waals surface area contributed by atoms with Crippen molar-refractivity contribution in [3.8, 4) is 0 Å². The van der Waals surface area contributed by atoms with Crippen molar-refractivity contribution in [2.75, 3.05) is 32.8 Å². The molecule has 1 saturated carbocycles. The molecule has 1 aromatic rings. The number of hydrogen-bond acceptors (Lipinski definition) is 5. The predicted octanol–water partition coefficient (Wildman–Crippen LogP) is 0.0706. The highest BCUT2D eigenvalue weighted by atomic mass is 16.5. The topological polar surface area (TPSA) is 79.6 Å². The number of aromatic nitrogens is 2. The Balaban J connectivity index is 1.53. The second kappa shape index (κ2) is 7.42. The second-order valence-corrected chi connectivity index (χ2v) is 6.58. The zero-order chi connectivity index (χ0) is 16.2. The van der Waals surface area contributed by atoms with Crippen LogP contribution in [-0.2, 0) is 16.6 Å². The van der Waals surface area contributed by atoms with Crippen LogP contribution >= 0.6 is 0 Å². The fourth-order valence-corrected chi connectivity index (χ4v) is 3.31. The number of carbonyl (C=O) groups excluding carboxylic acids is 1. The molecule has 1 atom stereocenters. The number of aliphatic hydroxyl groups is 1. The molecule has 2 heterocycles. The first kappa shape index (κ1) is 16.4. The summed E-state index contributed by atoms with van der Waals surface area (Å²) in [6.45, 7) is 4.06. The lowest BCUT2D eigenvalue weighted by Gasteiger charge is -2.37. The van der Waals surface area contributed by atoms with Crippen LogP contribution in [0, 0.1) is 5.92 Å². The molecule has 7 heteroatoms. The van der Waals surface area contributed by atoms with Crippen LogP contribution < -0.4 is 5.32 Å². The third-order valence-corrected chi connectivity index (χ3v) is 4.78. The molecule has 0 bridgehead atoms. The molecule has 3 rings (SSSR count). The summed E-state index contributed by atoms with van der Waals surface area (Å²) in [5.74, 6) is 0.355. The standard InChI is InChI=1S/C16H26N4O3/c1-19-11-13(10-17-19)16(12-8-14(21)9-12)18-15(22)2-3-20-4-6-23-7-5-20/h10-12,14,16,21H,2-9H2,1H3,(H,18,22)/t12?,14?,16-/m0/s1. The van der Waals surface area contributed by atoms with Gasteiger partial charge in [-0.25, -0.2) is 0 Å². The summed E-state index contributed by atoms with van der Waals surface area (Å²) >= 11 is 0. The van der Waals surface area contributed by atoms with Crippen LogP contribution in [0.3, 0.4) is 0 Å². The van der Waals surface area contributed by atoms with E-state index in [1.165, 1.54) is 0 Å². The highest BCUT2D eigenvalue weighted by Gasteiger charge is 2.36. The Labute approximate surface area is 136 Å². The molecule has 1 aromatic heterocycles. The lowest BCUT2D eigenvalue weighted by molar-refractivity contribution is -0.123. The Morgan fingerprint density at radius 1 is 1.48 bits per heavy atom. The maximum Gasteiger partial charge on any atom is 0.221 e. The van der Waals surface area contributed by atoms with E-state index in [1.807, 2.05) is 13.2 Å². The Morgan fingerprint density at radius 2 is 2.22 bits per heavy atom. The third kappa shape index (κ3) is 4.31. The van der Waals surface area contributed by atoms with Crippen molar-refractivity contribution < 1.29 is 14.6 Å². The molecule has 1 aliphatic heterocycles. The zero-order valence-corrected chi connectivity index (χ0v) is 13.6. The van der Waals surface area contributed by atoms with E-state index < -0.39 is 0 Å². The van der Waals surface area contributed by atoms with Gasteiger partial charge in [0.05, 0.1) is 31.6 Å². The van der Waals surface area contributed by atoms with Gasteiger partial charge >= 0.3 is 0 Å². The summed E-state index contributed by atoms with van der Waals surface area (Å²) < 4.78 is 7.07. The van der Waals surface area contributed by atoms with Crippen molar-refractivity contribution >= 4 is 5.91 Å². The maximum absolute atomic E-state index is 12.3. The average molecular weight is 322 g/mol. The SMILES string of the molecule is Cn1cc([C@@H](NC(=O)CCN2CCOCC2)C2CC(O)C2)cn1. The molecule has 1 aliphatic carbocycles. The number of nitrogens with one attached hydrogen (secondary N) is 1. The van der Waals surface area contributed by atoms with Crippen molar-refractivity contribution in [2.45, 2.75) is 31.4 Å². The molecule has 0 spiro atoms. The molecule has 7 nitrogen and oxygen atoms in total. The molecule has 1 amide bonds. The first-order chi connectivity index (χ1) is 11.1. The lowest BCUT2D eigenvalue weighted by atomic mass is 9.75. The molecule has 23 heavy (non-hydrogen) atoms. The molecule has 0 radical (unpaired) electrons. The minimum Gasteiger partial charge on any atom is -0.393 e. The highest BCUT2D eigenvalue weighted by Crippen LogP contribution is 2.37. The van der Waals surface area contributed by atoms with Crippen molar-refractivity contribution in [3.63, 3.8) is 0 Å². The normalized spacial score (nSPS) is 26.5. The second-order valence-electron chi connectivity index (χ2n) is 6.58. The average Bonchev–Trinajstić information content (AvgIpc) is 2.95. The number of ether oxygens (including phenoxy) is 1. The van der Waals surface area contributed by atoms with Crippen LogP contribution in [0.1, 0.15) is 30.9 Å². The highest BCUT2D eigenvalue weighted by molar-refractivity contribution is 5.76. The summed E-state index contributed by atoms with van der Waals surface area (Å²) in [5.41, 5.74) is 1.02. The number of hydrogen-bond donors (Lipinski definition) is 2. The molecule has 2 aliphatic rings. The van der Waals surface area contributed by atoms with Crippen LogP contribution in [0.5, 0.6) is 0 Å². The first-order valence-electron chi connectivity index (χ1n) is 8.38. The van der Waals surface area contributed by atoms with E-state index in [4.69, 9.17) is 4.74 Å². The molecule has 2 N–H and O–H groups in total. The maximum atomic E-state index is 12.3. The number of aliphatic hydroxyl groups excluding tert-OH is 1. The molecule has 2 fully saturated rings. The fourth-order valence-electron chi connectivity index (χ4n) is 3.31. The molecular weight excluding hydrogens is 296 g/mol. The number of morpholine rings is 1. The van der Waals surface area contributed by atoms with Crippen molar-refractivity contribution in [2.24, 2.45) is 13.0 Å². The van der Waals surface area contributed by atoms with Gasteiger partial charge in [-0.05, 0) is 18.8 Å². The molecule has 128 valence electrons. The van der Waals surface area contributed by atoms with E-state index in [9.17, 15) is 9.90 Å². The minimum absolute atomic E-state index is 0.0516. The van der Waals surface area contributed by atoms with Gasteiger partial charge in [-0.1, -0.05) is 0 Å². The number of amides is 1. The smallest absolute Gasteiger partial charge is 0.221 e. The van der Waals surface area contributed by atoms with Crippen molar-refractivity contribution in [3.05, 3.63) is 18.0 Å². The van der Waals surface area contributed by atoms with E-state index in [-0.39, 0.29) is 18.1 Å². The van der Waals surface area contributed by atoms with E-state index in [0.717, 1.165) is 51.3 Å². The summed E-state index contributed by atoms with van der Waals surface area (Å²) in [6.07, 6.45) is 5.48. The first-order valence-corrected chi connectivity index (χ1v) is 8.38. The van der Waals surface area contributed by atoms with Gasteiger partial charge in [0.1, 0.15) is 0 Å². The van der Waals surface area contributed by atoms with Crippen LogP contribution in [0.15, 0.2) is 12.4 Å². The Hall–Kier alpha value is -1.44. The quantitative estimate of drug-likeness (QED) is 0.775. The number of rotatable bonds is 6. The van der Waals surface area contributed by atoms with Gasteiger partial charge in [0.25, 0.3) is 0 Å². The minimum atomic E-state index is -0.232. The van der Waals surface area contributed by atoms with Crippen LogP contribution in [0.4, 0.5) is 0 Å². The van der Waals surface area contributed by atoms with Crippen molar-refractivity contribution in [1.29, 1.82) is 0 Å². The van der Waals surface area contributed by atoms with Gasteiger partial charge in [-0.15, -0.1) is 0 Å². The summed E-state index contributed by atoms with van der Waals surface area (Å²) in [4.78, 5) is 14.6.